The van der Waals surface area contributed by atoms with Gasteiger partial charge in [-0.1, -0.05) is 6.08 Å². The van der Waals surface area contributed by atoms with Crippen molar-refractivity contribution in [3.8, 4) is 0 Å². The maximum absolute atomic E-state index is 4.82. The molecule has 1 aliphatic rings. The van der Waals surface area contributed by atoms with Crippen LogP contribution in [0, 0.1) is 0 Å². The first-order valence-electron chi connectivity index (χ1n) is 9.32. The molecule has 0 amide bonds. The summed E-state index contributed by atoms with van der Waals surface area (Å²) in [5, 5.41) is 4.69. The molecule has 1 aromatic heterocycles. The molecule has 1 aliphatic carbocycles. The van der Waals surface area contributed by atoms with Gasteiger partial charge in [0.25, 0.3) is 0 Å². The summed E-state index contributed by atoms with van der Waals surface area (Å²) in [6, 6.07) is 0. The predicted molar refractivity (Wildman–Crippen MR) is 121 cm³/mol. The predicted octanol–water partition coefficient (Wildman–Crippen LogP) is 4.44. The molecule has 0 bridgehead atoms. The van der Waals surface area contributed by atoms with Crippen LogP contribution >= 0.6 is 35.3 Å². The molecule has 4 nitrogen and oxygen atoms in total. The number of nitrogens with one attached hydrogen (secondary N) is 1. The Hall–Kier alpha value is -0.630. The number of guanidine groups is 1. The van der Waals surface area contributed by atoms with Gasteiger partial charge in [0.05, 0.1) is 10.7 Å². The fourth-order valence-electron chi connectivity index (χ4n) is 2.98. The van der Waals surface area contributed by atoms with E-state index in [9.17, 15) is 0 Å². The molecule has 0 radical (unpaired) electrons. The molecule has 0 aliphatic heterocycles. The minimum atomic E-state index is 0. The van der Waals surface area contributed by atoms with E-state index >= 15 is 0 Å². The van der Waals surface area contributed by atoms with Crippen LogP contribution in [0.2, 0.25) is 0 Å². The van der Waals surface area contributed by atoms with E-state index in [0.717, 1.165) is 51.3 Å². The minimum Gasteiger partial charge on any atom is -0.357 e. The maximum atomic E-state index is 4.82. The number of hydrogen-bond acceptors (Lipinski definition) is 3. The van der Waals surface area contributed by atoms with Crippen LogP contribution in [-0.4, -0.2) is 42.5 Å². The van der Waals surface area contributed by atoms with Gasteiger partial charge in [-0.25, -0.2) is 4.98 Å². The minimum absolute atomic E-state index is 0. The second-order valence-corrected chi connectivity index (χ2v) is 7.54. The Morgan fingerprint density at radius 1 is 1.36 bits per heavy atom. The van der Waals surface area contributed by atoms with Crippen molar-refractivity contribution in [1.82, 2.24) is 15.2 Å². The maximum Gasteiger partial charge on any atom is 0.193 e. The van der Waals surface area contributed by atoms with E-state index in [1.54, 1.807) is 0 Å². The van der Waals surface area contributed by atoms with Gasteiger partial charge in [-0.3, -0.25) is 4.99 Å². The van der Waals surface area contributed by atoms with Crippen molar-refractivity contribution in [2.24, 2.45) is 4.99 Å². The molecule has 0 aromatic carbocycles. The molecule has 2 rings (SSSR count). The second-order valence-electron chi connectivity index (χ2n) is 6.38. The molecule has 1 N–H and O–H groups in total. The van der Waals surface area contributed by atoms with Crippen molar-refractivity contribution in [3.05, 3.63) is 28.2 Å². The molecule has 0 unspecified atom stereocenters. The lowest BCUT2D eigenvalue weighted by Crippen LogP contribution is -2.39. The SMILES string of the molecule is C=CCCCN(C)C(=NCCCc1nc2c(s1)CCCC2)NCC.I. The topological polar surface area (TPSA) is 40.5 Å². The Morgan fingerprint density at radius 2 is 2.16 bits per heavy atom. The number of aryl methyl sites for hydroxylation is 3. The van der Waals surface area contributed by atoms with E-state index in [1.807, 2.05) is 17.4 Å². The van der Waals surface area contributed by atoms with Crippen molar-refractivity contribution in [2.45, 2.75) is 58.3 Å². The van der Waals surface area contributed by atoms with Gasteiger partial charge < -0.3 is 10.2 Å². The third-order valence-corrected chi connectivity index (χ3v) is 5.52. The van der Waals surface area contributed by atoms with Crippen molar-refractivity contribution in [2.75, 3.05) is 26.7 Å². The molecule has 0 fully saturated rings. The Bertz CT molecular complexity index is 518. The summed E-state index contributed by atoms with van der Waals surface area (Å²) < 4.78 is 0. The number of aliphatic imine (C=N–C) groups is 1. The third-order valence-electron chi connectivity index (χ3n) is 4.30. The summed E-state index contributed by atoms with van der Waals surface area (Å²) in [4.78, 5) is 13.3. The largest absolute Gasteiger partial charge is 0.357 e. The van der Waals surface area contributed by atoms with E-state index in [-0.39, 0.29) is 24.0 Å². The molecule has 6 heteroatoms. The number of halogens is 1. The average Bonchev–Trinajstić information content (AvgIpc) is 3.00. The van der Waals surface area contributed by atoms with E-state index in [4.69, 9.17) is 9.98 Å². The molecule has 0 spiro atoms. The zero-order valence-electron chi connectivity index (χ0n) is 15.7. The molecule has 1 aromatic rings. The van der Waals surface area contributed by atoms with Crippen LogP contribution in [0.1, 0.15) is 54.6 Å². The Kier molecular flexibility index (Phi) is 11.4. The highest BCUT2D eigenvalue weighted by Gasteiger charge is 2.14. The number of fused-ring (bicyclic) bond motifs is 1. The van der Waals surface area contributed by atoms with Gasteiger partial charge in [-0.15, -0.1) is 41.9 Å². The molecule has 0 saturated carbocycles. The number of thiazole rings is 1. The highest BCUT2D eigenvalue weighted by Crippen LogP contribution is 2.27. The van der Waals surface area contributed by atoms with Gasteiger partial charge in [-0.2, -0.15) is 0 Å². The standard InChI is InChI=1S/C19H32N4S.HI/c1-4-6-9-15-23(3)19(20-5-2)21-14-10-13-18-22-16-11-7-8-12-17(16)24-18;/h4H,1,5-15H2,2-3H3,(H,20,21);1H. The monoisotopic (exact) mass is 476 g/mol. The second kappa shape index (κ2) is 12.7. The first kappa shape index (κ1) is 22.4. The number of allylic oxidation sites excluding steroid dienone is 1. The number of unbranched alkanes of at least 4 members (excludes halogenated alkanes) is 1. The zero-order valence-corrected chi connectivity index (χ0v) is 18.9. The number of nitrogens with zero attached hydrogens (tertiary/aromatic N) is 3. The Labute approximate surface area is 174 Å². The summed E-state index contributed by atoms with van der Waals surface area (Å²) in [6.07, 6.45) is 11.4. The van der Waals surface area contributed by atoms with Crippen LogP contribution in [0.5, 0.6) is 0 Å². The lowest BCUT2D eigenvalue weighted by molar-refractivity contribution is 0.470. The number of aromatic nitrogens is 1. The Balaban J connectivity index is 0.00000312. The van der Waals surface area contributed by atoms with Crippen LogP contribution in [0.15, 0.2) is 17.6 Å². The fraction of sp³-hybridized carbons (Fsp3) is 0.684. The highest BCUT2D eigenvalue weighted by molar-refractivity contribution is 14.0. The molecular weight excluding hydrogens is 443 g/mol. The molecule has 1 heterocycles. The summed E-state index contributed by atoms with van der Waals surface area (Å²) in [6.45, 7) is 8.68. The van der Waals surface area contributed by atoms with Crippen LogP contribution in [-0.2, 0) is 19.3 Å². The van der Waals surface area contributed by atoms with Crippen molar-refractivity contribution < 1.29 is 0 Å². The normalized spacial score (nSPS) is 13.8. The van der Waals surface area contributed by atoms with Gasteiger partial charge in [-0.05, 0) is 51.9 Å². The molecular formula is C19H33IN4S. The van der Waals surface area contributed by atoms with Crippen molar-refractivity contribution >= 4 is 41.3 Å². The lowest BCUT2D eigenvalue weighted by Gasteiger charge is -2.21. The number of hydrogen-bond donors (Lipinski definition) is 1. The van der Waals surface area contributed by atoms with Crippen LogP contribution in [0.25, 0.3) is 0 Å². The average molecular weight is 476 g/mol. The smallest absolute Gasteiger partial charge is 0.193 e. The molecule has 0 atom stereocenters. The first-order chi connectivity index (χ1) is 11.7. The van der Waals surface area contributed by atoms with Crippen LogP contribution in [0.4, 0.5) is 0 Å². The van der Waals surface area contributed by atoms with Gasteiger partial charge in [0.2, 0.25) is 0 Å². The van der Waals surface area contributed by atoms with Gasteiger partial charge >= 0.3 is 0 Å². The van der Waals surface area contributed by atoms with Crippen molar-refractivity contribution in [1.29, 1.82) is 0 Å². The number of rotatable bonds is 9. The summed E-state index contributed by atoms with van der Waals surface area (Å²) >= 11 is 1.93. The van der Waals surface area contributed by atoms with Crippen LogP contribution < -0.4 is 5.32 Å². The molecule has 25 heavy (non-hydrogen) atoms. The van der Waals surface area contributed by atoms with Crippen molar-refractivity contribution in [3.63, 3.8) is 0 Å². The van der Waals surface area contributed by atoms with Crippen LogP contribution in [0.3, 0.4) is 0 Å². The quantitative estimate of drug-likeness (QED) is 0.188. The lowest BCUT2D eigenvalue weighted by atomic mass is 10.0. The van der Waals surface area contributed by atoms with E-state index in [2.05, 4.69) is 30.8 Å². The van der Waals surface area contributed by atoms with Gasteiger partial charge in [0.1, 0.15) is 0 Å². The van der Waals surface area contributed by atoms with Gasteiger partial charge in [0.15, 0.2) is 5.96 Å². The molecule has 0 saturated heterocycles. The summed E-state index contributed by atoms with van der Waals surface area (Å²) in [5.41, 5.74) is 1.38. The molecule has 142 valence electrons. The highest BCUT2D eigenvalue weighted by atomic mass is 127. The van der Waals surface area contributed by atoms with E-state index in [1.165, 1.54) is 41.3 Å². The van der Waals surface area contributed by atoms with E-state index in [0.29, 0.717) is 0 Å². The Morgan fingerprint density at radius 3 is 2.88 bits per heavy atom. The van der Waals surface area contributed by atoms with E-state index < -0.39 is 0 Å². The zero-order chi connectivity index (χ0) is 17.2. The summed E-state index contributed by atoms with van der Waals surface area (Å²) in [7, 11) is 2.11. The first-order valence-corrected chi connectivity index (χ1v) is 10.1. The third kappa shape index (κ3) is 7.64. The summed E-state index contributed by atoms with van der Waals surface area (Å²) in [5.74, 6) is 1.01. The fourth-order valence-corrected chi connectivity index (χ4v) is 4.17. The van der Waals surface area contributed by atoms with Gasteiger partial charge in [0, 0.05) is 38.0 Å².